The number of carbonyl (C=O) groups is 1. The van der Waals surface area contributed by atoms with E-state index in [1.54, 1.807) is 7.05 Å². The number of amides is 1. The van der Waals surface area contributed by atoms with Gasteiger partial charge >= 0.3 is 0 Å². The van der Waals surface area contributed by atoms with Crippen LogP contribution in [-0.2, 0) is 11.3 Å². The molecule has 0 saturated heterocycles. The molecule has 0 aliphatic heterocycles. The number of nitrogens with one attached hydrogen (secondary N) is 1. The van der Waals surface area contributed by atoms with Gasteiger partial charge in [0.2, 0.25) is 5.91 Å². The number of nitrogens with zero attached hydrogens (tertiary/aromatic N) is 1. The summed E-state index contributed by atoms with van der Waals surface area (Å²) in [6, 6.07) is 4.06. The lowest BCUT2D eigenvalue weighted by molar-refractivity contribution is -0.695. The Morgan fingerprint density at radius 3 is 2.50 bits per heavy atom. The number of pyridine rings is 1. The van der Waals surface area contributed by atoms with Gasteiger partial charge in [-0.2, -0.15) is 0 Å². The second-order valence-corrected chi connectivity index (χ2v) is 3.04. The molecule has 0 unspecified atom stereocenters. The van der Waals surface area contributed by atoms with E-state index in [9.17, 15) is 4.79 Å². The molecular formula is C10H15BrN2O. The van der Waals surface area contributed by atoms with E-state index in [0.717, 1.165) is 6.54 Å². The highest BCUT2D eigenvalue weighted by Gasteiger charge is 2.03. The van der Waals surface area contributed by atoms with Crippen molar-refractivity contribution in [2.45, 2.75) is 19.9 Å². The summed E-state index contributed by atoms with van der Waals surface area (Å²) in [4.78, 5) is 10.9. The van der Waals surface area contributed by atoms with Gasteiger partial charge in [-0.25, -0.2) is 4.57 Å². The van der Waals surface area contributed by atoms with Crippen molar-refractivity contribution < 1.29 is 26.3 Å². The van der Waals surface area contributed by atoms with E-state index in [2.05, 4.69) is 5.32 Å². The number of halogens is 1. The lowest BCUT2D eigenvalue weighted by Crippen LogP contribution is -3.00. The van der Waals surface area contributed by atoms with Gasteiger partial charge in [-0.05, 0) is 12.5 Å². The third-order valence-electron chi connectivity index (χ3n) is 1.93. The van der Waals surface area contributed by atoms with Crippen LogP contribution in [0, 0.1) is 6.92 Å². The number of aryl methyl sites for hydroxylation is 2. The van der Waals surface area contributed by atoms with Gasteiger partial charge in [0.15, 0.2) is 18.9 Å². The molecule has 3 nitrogen and oxygen atoms in total. The topological polar surface area (TPSA) is 33.0 Å². The quantitative estimate of drug-likeness (QED) is 0.594. The Hall–Kier alpha value is -0.900. The smallest absolute Gasteiger partial charge is 0.226 e. The molecule has 14 heavy (non-hydrogen) atoms. The molecule has 0 bridgehead atoms. The minimum absolute atomic E-state index is 0. The molecule has 1 aromatic rings. The third-order valence-corrected chi connectivity index (χ3v) is 1.93. The normalized spacial score (nSPS) is 9.00. The molecule has 1 N–H and O–H groups in total. The highest BCUT2D eigenvalue weighted by Crippen LogP contribution is 1.90. The van der Waals surface area contributed by atoms with E-state index in [1.165, 1.54) is 5.56 Å². The lowest BCUT2D eigenvalue weighted by atomic mass is 10.3. The summed E-state index contributed by atoms with van der Waals surface area (Å²) in [5.74, 6) is 0.0769. The van der Waals surface area contributed by atoms with Crippen molar-refractivity contribution in [1.29, 1.82) is 0 Å². The van der Waals surface area contributed by atoms with Crippen molar-refractivity contribution in [1.82, 2.24) is 5.32 Å². The first-order valence-electron chi connectivity index (χ1n) is 4.38. The maximum Gasteiger partial charge on any atom is 0.226 e. The molecule has 1 heterocycles. The van der Waals surface area contributed by atoms with Crippen LogP contribution in [0.1, 0.15) is 12.0 Å². The Morgan fingerprint density at radius 2 is 2.00 bits per heavy atom. The van der Waals surface area contributed by atoms with Crippen LogP contribution >= 0.6 is 0 Å². The molecular weight excluding hydrogens is 244 g/mol. The van der Waals surface area contributed by atoms with Gasteiger partial charge in [0.1, 0.15) is 0 Å². The first kappa shape index (κ1) is 13.1. The second kappa shape index (κ2) is 6.54. The Labute approximate surface area is 94.9 Å². The van der Waals surface area contributed by atoms with Crippen molar-refractivity contribution in [2.24, 2.45) is 0 Å². The number of hydrogen-bond donors (Lipinski definition) is 1. The fourth-order valence-corrected chi connectivity index (χ4v) is 1.04. The van der Waals surface area contributed by atoms with E-state index in [-0.39, 0.29) is 22.9 Å². The number of carbonyl (C=O) groups excluding carboxylic acids is 1. The molecule has 78 valence electrons. The highest BCUT2D eigenvalue weighted by molar-refractivity contribution is 5.75. The Kier molecular flexibility index (Phi) is 6.12. The standard InChI is InChI=1S/C10H14N2O.BrH/c1-9-3-6-12(7-4-9)8-5-10(13)11-2;/h3-4,6-7H,5,8H2,1-2H3;1H. The highest BCUT2D eigenvalue weighted by atomic mass is 79.9. The van der Waals surface area contributed by atoms with Crippen LogP contribution in [-0.4, -0.2) is 13.0 Å². The lowest BCUT2D eigenvalue weighted by Gasteiger charge is -1.96. The fourth-order valence-electron chi connectivity index (χ4n) is 1.04. The first-order chi connectivity index (χ1) is 6.22. The zero-order valence-corrected chi connectivity index (χ0v) is 10.0. The third kappa shape index (κ3) is 4.37. The SMILES string of the molecule is CNC(=O)CC[n+]1ccc(C)cc1.[Br-]. The van der Waals surface area contributed by atoms with Gasteiger partial charge in [0.05, 0.1) is 6.42 Å². The molecule has 0 aliphatic rings. The number of aromatic nitrogens is 1. The molecule has 0 aliphatic carbocycles. The van der Waals surface area contributed by atoms with E-state index < -0.39 is 0 Å². The first-order valence-corrected chi connectivity index (χ1v) is 4.38. The Bertz CT molecular complexity index is 285. The molecule has 1 amide bonds. The van der Waals surface area contributed by atoms with E-state index in [1.807, 2.05) is 36.0 Å². The van der Waals surface area contributed by atoms with Gasteiger partial charge in [0.25, 0.3) is 0 Å². The van der Waals surface area contributed by atoms with Crippen LogP contribution in [0.2, 0.25) is 0 Å². The minimum Gasteiger partial charge on any atom is -1.00 e. The molecule has 0 fully saturated rings. The maximum absolute atomic E-state index is 10.9. The summed E-state index contributed by atoms with van der Waals surface area (Å²) in [7, 11) is 1.65. The summed E-state index contributed by atoms with van der Waals surface area (Å²) >= 11 is 0. The van der Waals surface area contributed by atoms with E-state index in [0.29, 0.717) is 6.42 Å². The predicted octanol–water partition coefficient (Wildman–Crippen LogP) is -2.58. The van der Waals surface area contributed by atoms with Crippen LogP contribution in [0.4, 0.5) is 0 Å². The average molecular weight is 259 g/mol. The molecule has 4 heteroatoms. The molecule has 0 radical (unpaired) electrons. The fraction of sp³-hybridized carbons (Fsp3) is 0.400. The Balaban J connectivity index is 0.00000169. The van der Waals surface area contributed by atoms with Crippen molar-refractivity contribution in [3.8, 4) is 0 Å². The largest absolute Gasteiger partial charge is 1.00 e. The van der Waals surface area contributed by atoms with Crippen LogP contribution in [0.3, 0.4) is 0 Å². The minimum atomic E-state index is 0. The molecule has 1 aromatic heterocycles. The maximum atomic E-state index is 10.9. The summed E-state index contributed by atoms with van der Waals surface area (Å²) in [6.07, 6.45) is 4.50. The molecule has 1 rings (SSSR count). The van der Waals surface area contributed by atoms with Crippen LogP contribution < -0.4 is 26.9 Å². The monoisotopic (exact) mass is 258 g/mol. The van der Waals surface area contributed by atoms with Gasteiger partial charge < -0.3 is 22.3 Å². The molecule has 0 saturated carbocycles. The average Bonchev–Trinajstić information content (AvgIpc) is 2.16. The second-order valence-electron chi connectivity index (χ2n) is 3.04. The van der Waals surface area contributed by atoms with Crippen LogP contribution in [0.25, 0.3) is 0 Å². The van der Waals surface area contributed by atoms with E-state index >= 15 is 0 Å². The van der Waals surface area contributed by atoms with E-state index in [4.69, 9.17) is 0 Å². The van der Waals surface area contributed by atoms with Crippen molar-refractivity contribution >= 4 is 5.91 Å². The van der Waals surface area contributed by atoms with Gasteiger partial charge in [-0.3, -0.25) is 4.79 Å². The summed E-state index contributed by atoms with van der Waals surface area (Å²) in [5, 5.41) is 2.59. The number of hydrogen-bond acceptors (Lipinski definition) is 1. The number of rotatable bonds is 3. The predicted molar refractivity (Wildman–Crippen MR) is 50.1 cm³/mol. The van der Waals surface area contributed by atoms with Gasteiger partial charge in [0, 0.05) is 19.2 Å². The molecule has 0 spiro atoms. The zero-order valence-electron chi connectivity index (χ0n) is 8.46. The van der Waals surface area contributed by atoms with Crippen LogP contribution in [0.15, 0.2) is 24.5 Å². The summed E-state index contributed by atoms with van der Waals surface area (Å²) in [5.41, 5.74) is 1.23. The Morgan fingerprint density at radius 1 is 1.43 bits per heavy atom. The van der Waals surface area contributed by atoms with Gasteiger partial charge in [-0.15, -0.1) is 0 Å². The van der Waals surface area contributed by atoms with Gasteiger partial charge in [-0.1, -0.05) is 0 Å². The summed E-state index contributed by atoms with van der Waals surface area (Å²) in [6.45, 7) is 2.78. The van der Waals surface area contributed by atoms with Crippen molar-refractivity contribution in [3.63, 3.8) is 0 Å². The zero-order chi connectivity index (χ0) is 9.68. The van der Waals surface area contributed by atoms with Crippen molar-refractivity contribution in [3.05, 3.63) is 30.1 Å². The van der Waals surface area contributed by atoms with Crippen molar-refractivity contribution in [2.75, 3.05) is 7.05 Å². The molecule has 0 aromatic carbocycles. The molecule has 0 atom stereocenters. The van der Waals surface area contributed by atoms with Crippen LogP contribution in [0.5, 0.6) is 0 Å². The summed E-state index contributed by atoms with van der Waals surface area (Å²) < 4.78 is 2.00.